The molecule has 8 N–H and O–H groups in total. The highest BCUT2D eigenvalue weighted by Gasteiger charge is 2.34. The van der Waals surface area contributed by atoms with Crippen molar-refractivity contribution in [3.8, 4) is 11.6 Å². The van der Waals surface area contributed by atoms with Crippen LogP contribution in [-0.4, -0.2) is 66.5 Å². The third-order valence-electron chi connectivity index (χ3n) is 8.29. The van der Waals surface area contributed by atoms with Crippen molar-refractivity contribution >= 4 is 17.2 Å². The number of allylic oxidation sites excluding steroid dienone is 1. The van der Waals surface area contributed by atoms with E-state index < -0.39 is 0 Å². The van der Waals surface area contributed by atoms with Gasteiger partial charge in [-0.15, -0.1) is 0 Å². The van der Waals surface area contributed by atoms with Crippen LogP contribution in [0.5, 0.6) is 11.6 Å². The monoisotopic (exact) mass is 560 g/mol. The Bertz CT molecular complexity index is 1290. The minimum Gasteiger partial charge on any atom is -0.507 e. The number of piperidine rings is 2. The van der Waals surface area contributed by atoms with E-state index in [4.69, 9.17) is 20.6 Å². The number of nitrogens with zero attached hydrogens (tertiary/aromatic N) is 2. The number of nitrogens with one attached hydrogen (secondary N) is 5. The van der Waals surface area contributed by atoms with Crippen LogP contribution in [-0.2, 0) is 4.74 Å². The van der Waals surface area contributed by atoms with Crippen LogP contribution in [0.3, 0.4) is 0 Å². The zero-order valence-electron chi connectivity index (χ0n) is 23.2. The van der Waals surface area contributed by atoms with E-state index in [0.29, 0.717) is 35.0 Å². The molecule has 6 rings (SSSR count). The second-order valence-corrected chi connectivity index (χ2v) is 11.2. The zero-order chi connectivity index (χ0) is 28.2. The van der Waals surface area contributed by atoms with E-state index in [1.54, 1.807) is 12.1 Å². The molecular weight excluding hydrogens is 520 g/mol. The lowest BCUT2D eigenvalue weighted by atomic mass is 9.91. The Morgan fingerprint density at radius 2 is 1.80 bits per heavy atom. The predicted molar refractivity (Wildman–Crippen MR) is 158 cm³/mol. The lowest BCUT2D eigenvalue weighted by Gasteiger charge is -2.38. The molecule has 1 saturated carbocycles. The predicted octanol–water partition coefficient (Wildman–Crippen LogP) is 2.32. The summed E-state index contributed by atoms with van der Waals surface area (Å²) >= 11 is 0. The number of para-hydroxylation sites is 1. The Hall–Kier alpha value is -3.96. The molecule has 11 nitrogen and oxygen atoms in total. The van der Waals surface area contributed by atoms with Crippen molar-refractivity contribution in [1.82, 2.24) is 26.5 Å². The first-order valence-electron chi connectivity index (χ1n) is 14.6. The van der Waals surface area contributed by atoms with Crippen LogP contribution in [0, 0.1) is 5.41 Å². The van der Waals surface area contributed by atoms with Gasteiger partial charge in [-0.05, 0) is 63.0 Å². The third kappa shape index (κ3) is 6.52. The number of ether oxygens (including phenoxy) is 2. The number of phenolic OH excluding ortho intramolecular Hbond substituents is 1. The van der Waals surface area contributed by atoms with Crippen molar-refractivity contribution in [3.05, 3.63) is 65.6 Å². The standard InChI is InChI=1S/C30H40N8O3/c31-30(32)29-26(18-25(36-37-29)24-3-1-2-4-27(24)39)35-19-8-13-38(14-9-19)20-5-12-34-28(15-20)41-23-16-22(17-23)40-21-6-10-33-11-7-21/h1-5,12,15,18-19,21-23,33,35-37,39H,6-11,13-14,16-17H2,(H3,31,32). The van der Waals surface area contributed by atoms with E-state index in [1.165, 1.54) is 0 Å². The van der Waals surface area contributed by atoms with Crippen LogP contribution in [0.1, 0.15) is 44.1 Å². The maximum Gasteiger partial charge on any atom is 0.215 e. The maximum atomic E-state index is 10.3. The molecular formula is C30H40N8O3. The fourth-order valence-electron chi connectivity index (χ4n) is 5.88. The van der Waals surface area contributed by atoms with Gasteiger partial charge < -0.3 is 35.8 Å². The van der Waals surface area contributed by atoms with Gasteiger partial charge in [-0.2, -0.15) is 0 Å². The van der Waals surface area contributed by atoms with Gasteiger partial charge in [0.05, 0.1) is 23.6 Å². The van der Waals surface area contributed by atoms with Gasteiger partial charge in [0.2, 0.25) is 5.88 Å². The fourth-order valence-corrected chi connectivity index (χ4v) is 5.88. The lowest BCUT2D eigenvalue weighted by Crippen LogP contribution is -2.46. The summed E-state index contributed by atoms with van der Waals surface area (Å²) in [6.45, 7) is 3.85. The number of hydrogen-bond acceptors (Lipinski definition) is 10. The summed E-state index contributed by atoms with van der Waals surface area (Å²) < 4.78 is 12.4. The van der Waals surface area contributed by atoms with Gasteiger partial charge in [0.15, 0.2) is 0 Å². The van der Waals surface area contributed by atoms with Crippen molar-refractivity contribution in [2.24, 2.45) is 5.73 Å². The fraction of sp³-hybridized carbons (Fsp3) is 0.467. The lowest BCUT2D eigenvalue weighted by molar-refractivity contribution is -0.103. The van der Waals surface area contributed by atoms with Gasteiger partial charge in [0, 0.05) is 55.5 Å². The number of pyridine rings is 1. The van der Waals surface area contributed by atoms with E-state index in [0.717, 1.165) is 76.1 Å². The van der Waals surface area contributed by atoms with Crippen molar-refractivity contribution in [2.75, 3.05) is 31.1 Å². The zero-order valence-corrected chi connectivity index (χ0v) is 23.2. The van der Waals surface area contributed by atoms with Gasteiger partial charge in [-0.1, -0.05) is 12.1 Å². The van der Waals surface area contributed by atoms with E-state index in [1.807, 2.05) is 36.5 Å². The number of nitrogens with two attached hydrogens (primary N) is 1. The van der Waals surface area contributed by atoms with Gasteiger partial charge in [0.1, 0.15) is 23.4 Å². The third-order valence-corrected chi connectivity index (χ3v) is 8.29. The molecule has 1 aliphatic carbocycles. The summed E-state index contributed by atoms with van der Waals surface area (Å²) in [6.07, 6.45) is 10.4. The number of anilines is 1. The summed E-state index contributed by atoms with van der Waals surface area (Å²) in [4.78, 5) is 6.83. The molecule has 0 atom stereocenters. The summed E-state index contributed by atoms with van der Waals surface area (Å²) in [5.74, 6) is 0.784. The molecule has 11 heteroatoms. The van der Waals surface area contributed by atoms with E-state index in [2.05, 4.69) is 31.4 Å². The largest absolute Gasteiger partial charge is 0.507 e. The summed E-state index contributed by atoms with van der Waals surface area (Å²) in [7, 11) is 0. The van der Waals surface area contributed by atoms with Crippen LogP contribution >= 0.6 is 0 Å². The summed E-state index contributed by atoms with van der Waals surface area (Å²) in [5.41, 5.74) is 15.6. The number of hydrazine groups is 1. The topological polar surface area (TPSA) is 153 Å². The molecule has 2 aromatic rings. The first kappa shape index (κ1) is 27.2. The maximum absolute atomic E-state index is 10.3. The van der Waals surface area contributed by atoms with Crippen LogP contribution in [0.4, 0.5) is 5.69 Å². The molecule has 3 fully saturated rings. The molecule has 0 amide bonds. The number of aromatic hydroxyl groups is 1. The molecule has 4 aliphatic rings. The molecule has 1 aromatic carbocycles. The molecule has 0 unspecified atom stereocenters. The highest BCUT2D eigenvalue weighted by atomic mass is 16.5. The molecule has 4 heterocycles. The minimum absolute atomic E-state index is 0.0648. The second kappa shape index (κ2) is 12.3. The van der Waals surface area contributed by atoms with Crippen molar-refractivity contribution in [1.29, 1.82) is 5.41 Å². The van der Waals surface area contributed by atoms with E-state index in [9.17, 15) is 5.11 Å². The van der Waals surface area contributed by atoms with Crippen molar-refractivity contribution in [2.45, 2.75) is 62.9 Å². The molecule has 2 saturated heterocycles. The molecule has 0 bridgehead atoms. The van der Waals surface area contributed by atoms with Crippen molar-refractivity contribution < 1.29 is 14.6 Å². The number of benzene rings is 1. The molecule has 0 radical (unpaired) electrons. The molecule has 1 aromatic heterocycles. The first-order chi connectivity index (χ1) is 20.0. The number of amidine groups is 1. The van der Waals surface area contributed by atoms with Gasteiger partial charge in [0.25, 0.3) is 0 Å². The highest BCUT2D eigenvalue weighted by molar-refractivity contribution is 5.96. The number of aromatic nitrogens is 1. The van der Waals surface area contributed by atoms with E-state index >= 15 is 0 Å². The summed E-state index contributed by atoms with van der Waals surface area (Å²) in [6, 6.07) is 11.4. The van der Waals surface area contributed by atoms with Crippen LogP contribution in [0.15, 0.2) is 60.1 Å². The molecule has 0 spiro atoms. The number of rotatable bonds is 9. The number of hydrogen-bond donors (Lipinski definition) is 7. The van der Waals surface area contributed by atoms with Gasteiger partial charge in [-0.3, -0.25) is 16.3 Å². The number of phenols is 1. The molecule has 3 aliphatic heterocycles. The van der Waals surface area contributed by atoms with Crippen LogP contribution in [0.2, 0.25) is 0 Å². The van der Waals surface area contributed by atoms with Crippen molar-refractivity contribution in [3.63, 3.8) is 0 Å². The normalized spacial score (nSPS) is 23.6. The Kier molecular flexibility index (Phi) is 8.15. The van der Waals surface area contributed by atoms with Gasteiger partial charge in [-0.25, -0.2) is 4.98 Å². The Labute approximate surface area is 240 Å². The Balaban J connectivity index is 1.02. The van der Waals surface area contributed by atoms with E-state index in [-0.39, 0.29) is 23.7 Å². The Morgan fingerprint density at radius 1 is 1.02 bits per heavy atom. The smallest absolute Gasteiger partial charge is 0.215 e. The average molecular weight is 561 g/mol. The van der Waals surface area contributed by atoms with Gasteiger partial charge >= 0.3 is 0 Å². The van der Waals surface area contributed by atoms with Crippen LogP contribution in [0.25, 0.3) is 5.70 Å². The molecule has 41 heavy (non-hydrogen) atoms. The SMILES string of the molecule is N=C(N)C1=C(NC2CCN(c3ccnc(OC4CC(OC5CCNCC5)C4)c3)CC2)C=C(c2ccccc2O)NN1. The van der Waals surface area contributed by atoms with Crippen LogP contribution < -0.4 is 36.9 Å². The Morgan fingerprint density at radius 3 is 2.56 bits per heavy atom. The first-order valence-corrected chi connectivity index (χ1v) is 14.6. The summed E-state index contributed by atoms with van der Waals surface area (Å²) in [5, 5.41) is 25.3. The highest BCUT2D eigenvalue weighted by Crippen LogP contribution is 2.32. The average Bonchev–Trinajstić information content (AvgIpc) is 2.97. The molecule has 218 valence electrons. The quantitative estimate of drug-likeness (QED) is 0.180. The second-order valence-electron chi connectivity index (χ2n) is 11.2. The minimum atomic E-state index is -0.0648.